The van der Waals surface area contributed by atoms with Crippen LogP contribution in [0.4, 0.5) is 0 Å². The zero-order chi connectivity index (χ0) is 11.5. The van der Waals surface area contributed by atoms with Crippen molar-refractivity contribution < 1.29 is 10.2 Å². The Morgan fingerprint density at radius 3 is 2.13 bits per heavy atom. The fourth-order valence-corrected chi connectivity index (χ4v) is 1.45. The first kappa shape index (κ1) is 12.2. The molecule has 1 rings (SSSR count). The van der Waals surface area contributed by atoms with E-state index in [0.29, 0.717) is 0 Å². The van der Waals surface area contributed by atoms with Crippen LogP contribution in [0.3, 0.4) is 0 Å². The highest BCUT2D eigenvalue weighted by Gasteiger charge is 2.14. The lowest BCUT2D eigenvalue weighted by Crippen LogP contribution is -2.15. The van der Waals surface area contributed by atoms with Gasteiger partial charge in [0.05, 0.1) is 11.7 Å². The number of aryl methyl sites for hydroxylation is 1. The zero-order valence-corrected chi connectivity index (χ0v) is 9.70. The monoisotopic (exact) mass is 208 g/mol. The van der Waals surface area contributed by atoms with E-state index in [1.165, 1.54) is 5.56 Å². The van der Waals surface area contributed by atoms with Crippen LogP contribution in [0.15, 0.2) is 24.3 Å². The minimum absolute atomic E-state index is 0.251. The van der Waals surface area contributed by atoms with Crippen LogP contribution in [0.1, 0.15) is 38.3 Å². The minimum atomic E-state index is -0.775. The number of aliphatic hydroxyl groups excluding tert-OH is 1. The Labute approximate surface area is 91.6 Å². The summed E-state index contributed by atoms with van der Waals surface area (Å²) in [6, 6.07) is 7.90. The molecule has 2 heteroatoms. The molecular weight excluding hydrogens is 188 g/mol. The molecule has 0 bridgehead atoms. The maximum absolute atomic E-state index is 9.76. The molecule has 0 saturated heterocycles. The summed E-state index contributed by atoms with van der Waals surface area (Å²) in [5.74, 6) is 0. The molecule has 0 fully saturated rings. The smallest absolute Gasteiger partial charge is 0.0840 e. The van der Waals surface area contributed by atoms with Crippen molar-refractivity contribution in [2.24, 2.45) is 0 Å². The van der Waals surface area contributed by atoms with Gasteiger partial charge in [-0.15, -0.1) is 0 Å². The molecule has 1 atom stereocenters. The quantitative estimate of drug-likeness (QED) is 0.796. The zero-order valence-electron chi connectivity index (χ0n) is 9.70. The Morgan fingerprint density at radius 2 is 1.73 bits per heavy atom. The van der Waals surface area contributed by atoms with Gasteiger partial charge in [0.15, 0.2) is 0 Å². The third-order valence-corrected chi connectivity index (χ3v) is 2.51. The van der Waals surface area contributed by atoms with Crippen LogP contribution in [0.25, 0.3) is 0 Å². The van der Waals surface area contributed by atoms with E-state index in [0.717, 1.165) is 18.4 Å². The summed E-state index contributed by atoms with van der Waals surface area (Å²) in [4.78, 5) is 0. The van der Waals surface area contributed by atoms with Crippen molar-refractivity contribution in [2.75, 3.05) is 0 Å². The third kappa shape index (κ3) is 4.02. The molecule has 2 nitrogen and oxygen atoms in total. The molecule has 0 aliphatic rings. The molecule has 1 aromatic rings. The van der Waals surface area contributed by atoms with Crippen LogP contribution in [0.5, 0.6) is 0 Å². The average molecular weight is 208 g/mol. The first-order valence-electron chi connectivity index (χ1n) is 5.39. The Hall–Kier alpha value is -0.860. The highest BCUT2D eigenvalue weighted by molar-refractivity contribution is 5.26. The van der Waals surface area contributed by atoms with Gasteiger partial charge in [-0.05, 0) is 44.7 Å². The Morgan fingerprint density at radius 1 is 1.20 bits per heavy atom. The molecule has 0 aliphatic heterocycles. The summed E-state index contributed by atoms with van der Waals surface area (Å²) in [5, 5.41) is 18.9. The molecule has 2 N–H and O–H groups in total. The number of aliphatic hydroxyl groups is 2. The van der Waals surface area contributed by atoms with Gasteiger partial charge in [-0.25, -0.2) is 0 Å². The van der Waals surface area contributed by atoms with E-state index < -0.39 is 5.60 Å². The van der Waals surface area contributed by atoms with Crippen LogP contribution in [0, 0.1) is 0 Å². The van der Waals surface area contributed by atoms with Crippen molar-refractivity contribution in [3.63, 3.8) is 0 Å². The first-order valence-corrected chi connectivity index (χ1v) is 5.39. The maximum atomic E-state index is 9.76. The molecule has 0 aromatic heterocycles. The number of hydrogen-bond acceptors (Lipinski definition) is 2. The Balaban J connectivity index is 2.65. The topological polar surface area (TPSA) is 40.5 Å². The predicted octanol–water partition coefficient (Wildman–Crippen LogP) is 2.23. The lowest BCUT2D eigenvalue weighted by atomic mass is 9.96. The summed E-state index contributed by atoms with van der Waals surface area (Å²) in [5.41, 5.74) is 1.34. The predicted molar refractivity (Wildman–Crippen MR) is 61.7 cm³/mol. The van der Waals surface area contributed by atoms with E-state index in [9.17, 15) is 5.11 Å². The molecule has 1 unspecified atom stereocenters. The maximum Gasteiger partial charge on any atom is 0.0840 e. The number of benzene rings is 1. The molecule has 0 aliphatic carbocycles. The highest BCUT2D eigenvalue weighted by atomic mass is 16.3. The van der Waals surface area contributed by atoms with E-state index in [1.807, 2.05) is 24.3 Å². The second-order valence-electron chi connectivity index (χ2n) is 4.64. The minimum Gasteiger partial charge on any atom is -0.393 e. The van der Waals surface area contributed by atoms with E-state index in [-0.39, 0.29) is 6.10 Å². The van der Waals surface area contributed by atoms with Gasteiger partial charge in [0.2, 0.25) is 0 Å². The summed E-state index contributed by atoms with van der Waals surface area (Å²) in [6.07, 6.45) is 1.41. The van der Waals surface area contributed by atoms with Crippen molar-refractivity contribution in [3.05, 3.63) is 35.4 Å². The van der Waals surface area contributed by atoms with Crippen LogP contribution in [-0.4, -0.2) is 16.3 Å². The summed E-state index contributed by atoms with van der Waals surface area (Å²) < 4.78 is 0. The molecule has 0 heterocycles. The SMILES string of the molecule is CC(O)CCc1ccc(C(C)(C)O)cc1. The van der Waals surface area contributed by atoms with Gasteiger partial charge in [-0.3, -0.25) is 0 Å². The highest BCUT2D eigenvalue weighted by Crippen LogP contribution is 2.20. The van der Waals surface area contributed by atoms with Crippen molar-refractivity contribution in [2.45, 2.75) is 45.3 Å². The average Bonchev–Trinajstić information content (AvgIpc) is 2.14. The summed E-state index contributed by atoms with van der Waals surface area (Å²) >= 11 is 0. The van der Waals surface area contributed by atoms with Gasteiger partial charge < -0.3 is 10.2 Å². The van der Waals surface area contributed by atoms with Crippen molar-refractivity contribution in [1.29, 1.82) is 0 Å². The number of rotatable bonds is 4. The van der Waals surface area contributed by atoms with Crippen molar-refractivity contribution in [3.8, 4) is 0 Å². The summed E-state index contributed by atoms with van der Waals surface area (Å²) in [6.45, 7) is 5.35. The fourth-order valence-electron chi connectivity index (χ4n) is 1.45. The lowest BCUT2D eigenvalue weighted by Gasteiger charge is -2.17. The van der Waals surface area contributed by atoms with E-state index in [1.54, 1.807) is 20.8 Å². The van der Waals surface area contributed by atoms with E-state index in [4.69, 9.17) is 5.11 Å². The molecule has 1 aromatic carbocycles. The van der Waals surface area contributed by atoms with Gasteiger partial charge in [0, 0.05) is 0 Å². The van der Waals surface area contributed by atoms with Gasteiger partial charge in [0.25, 0.3) is 0 Å². The molecule has 0 amide bonds. The van der Waals surface area contributed by atoms with E-state index in [2.05, 4.69) is 0 Å². The molecule has 0 saturated carbocycles. The van der Waals surface area contributed by atoms with Crippen LogP contribution in [-0.2, 0) is 12.0 Å². The largest absolute Gasteiger partial charge is 0.393 e. The molecule has 0 radical (unpaired) electrons. The molecule has 0 spiro atoms. The van der Waals surface area contributed by atoms with Gasteiger partial charge in [-0.2, -0.15) is 0 Å². The molecule has 15 heavy (non-hydrogen) atoms. The van der Waals surface area contributed by atoms with Gasteiger partial charge in [0.1, 0.15) is 0 Å². The van der Waals surface area contributed by atoms with Crippen LogP contribution < -0.4 is 0 Å². The molecule has 84 valence electrons. The first-order chi connectivity index (χ1) is 6.89. The normalized spacial score (nSPS) is 13.9. The van der Waals surface area contributed by atoms with Crippen LogP contribution in [0.2, 0.25) is 0 Å². The third-order valence-electron chi connectivity index (χ3n) is 2.51. The lowest BCUT2D eigenvalue weighted by molar-refractivity contribution is 0.0786. The van der Waals surface area contributed by atoms with Gasteiger partial charge in [-0.1, -0.05) is 24.3 Å². The van der Waals surface area contributed by atoms with Gasteiger partial charge >= 0.3 is 0 Å². The van der Waals surface area contributed by atoms with Crippen molar-refractivity contribution >= 4 is 0 Å². The second kappa shape index (κ2) is 4.77. The Bertz CT molecular complexity index is 293. The number of hydrogen-bond donors (Lipinski definition) is 2. The Kier molecular flexibility index (Phi) is 3.89. The second-order valence-corrected chi connectivity index (χ2v) is 4.64. The summed E-state index contributed by atoms with van der Waals surface area (Å²) in [7, 11) is 0. The fraction of sp³-hybridized carbons (Fsp3) is 0.538. The van der Waals surface area contributed by atoms with Crippen LogP contribution >= 0.6 is 0 Å². The molecular formula is C13H20O2. The van der Waals surface area contributed by atoms with E-state index >= 15 is 0 Å². The standard InChI is InChI=1S/C13H20O2/c1-10(14)4-5-11-6-8-12(9-7-11)13(2,3)15/h6-10,14-15H,4-5H2,1-3H3. The van der Waals surface area contributed by atoms with Crippen molar-refractivity contribution in [1.82, 2.24) is 0 Å².